The van der Waals surface area contributed by atoms with Gasteiger partial charge in [0.2, 0.25) is 5.91 Å². The van der Waals surface area contributed by atoms with Crippen LogP contribution in [-0.2, 0) is 11.2 Å². The van der Waals surface area contributed by atoms with Crippen LogP contribution in [-0.4, -0.2) is 16.5 Å². The average molecular weight is 323 g/mol. The molecule has 0 heterocycles. The Morgan fingerprint density at radius 3 is 2.46 bits per heavy atom. The molecule has 0 aromatic heterocycles. The summed E-state index contributed by atoms with van der Waals surface area (Å²) < 4.78 is 0. The van der Waals surface area contributed by atoms with Crippen LogP contribution in [0.3, 0.4) is 0 Å². The summed E-state index contributed by atoms with van der Waals surface area (Å²) in [5, 5.41) is 14.6. The molecule has 2 aromatic rings. The molecule has 2 aromatic carbocycles. The SMILES string of the molecule is CC(/C=C/c1ccccc1)=N\NC(=O)Cc1ccc([N+](=O)[O-])cc1. The number of allylic oxidation sites excluding steroid dienone is 1. The van der Waals surface area contributed by atoms with Gasteiger partial charge in [-0.15, -0.1) is 0 Å². The van der Waals surface area contributed by atoms with Crippen molar-refractivity contribution in [1.82, 2.24) is 5.43 Å². The minimum absolute atomic E-state index is 0.000859. The van der Waals surface area contributed by atoms with Crippen LogP contribution in [0.5, 0.6) is 0 Å². The van der Waals surface area contributed by atoms with E-state index < -0.39 is 4.92 Å². The minimum Gasteiger partial charge on any atom is -0.273 e. The van der Waals surface area contributed by atoms with Gasteiger partial charge in [-0.2, -0.15) is 5.10 Å². The molecule has 0 saturated carbocycles. The van der Waals surface area contributed by atoms with Crippen molar-refractivity contribution in [3.63, 3.8) is 0 Å². The molecule has 0 fully saturated rings. The van der Waals surface area contributed by atoms with Gasteiger partial charge in [0.15, 0.2) is 0 Å². The van der Waals surface area contributed by atoms with Crippen LogP contribution in [0.1, 0.15) is 18.1 Å². The molecule has 0 aliphatic carbocycles. The number of nitrogens with one attached hydrogen (secondary N) is 1. The summed E-state index contributed by atoms with van der Waals surface area (Å²) in [5.74, 6) is -0.281. The fraction of sp³-hybridized carbons (Fsp3) is 0.111. The molecule has 0 atom stereocenters. The molecular formula is C18H17N3O3. The lowest BCUT2D eigenvalue weighted by Crippen LogP contribution is -2.20. The zero-order valence-corrected chi connectivity index (χ0v) is 13.2. The Bertz CT molecular complexity index is 766. The summed E-state index contributed by atoms with van der Waals surface area (Å²) in [5.41, 5.74) is 4.86. The Kier molecular flexibility index (Phi) is 5.96. The van der Waals surface area contributed by atoms with Crippen molar-refractivity contribution in [2.24, 2.45) is 5.10 Å². The quantitative estimate of drug-likeness (QED) is 0.502. The van der Waals surface area contributed by atoms with Gasteiger partial charge >= 0.3 is 0 Å². The van der Waals surface area contributed by atoms with E-state index in [-0.39, 0.29) is 18.0 Å². The van der Waals surface area contributed by atoms with Crippen molar-refractivity contribution < 1.29 is 9.72 Å². The summed E-state index contributed by atoms with van der Waals surface area (Å²) in [6, 6.07) is 15.6. The maximum Gasteiger partial charge on any atom is 0.269 e. The first-order valence-corrected chi connectivity index (χ1v) is 7.34. The molecule has 6 nitrogen and oxygen atoms in total. The van der Waals surface area contributed by atoms with Crippen molar-refractivity contribution in [3.05, 3.63) is 81.9 Å². The monoisotopic (exact) mass is 323 g/mol. The Balaban J connectivity index is 1.87. The van der Waals surface area contributed by atoms with E-state index in [4.69, 9.17) is 0 Å². The number of hydrogen-bond acceptors (Lipinski definition) is 4. The number of amides is 1. The van der Waals surface area contributed by atoms with E-state index in [1.165, 1.54) is 12.1 Å². The molecule has 0 unspecified atom stereocenters. The smallest absolute Gasteiger partial charge is 0.269 e. The zero-order chi connectivity index (χ0) is 17.4. The molecule has 0 aliphatic heterocycles. The molecule has 1 amide bonds. The molecule has 0 saturated heterocycles. The van der Waals surface area contributed by atoms with Gasteiger partial charge in [-0.25, -0.2) is 5.43 Å². The van der Waals surface area contributed by atoms with Crippen molar-refractivity contribution >= 4 is 23.4 Å². The molecule has 0 aliphatic rings. The van der Waals surface area contributed by atoms with Crippen LogP contribution in [0.15, 0.2) is 65.8 Å². The molecule has 0 spiro atoms. The summed E-state index contributed by atoms with van der Waals surface area (Å²) >= 11 is 0. The van der Waals surface area contributed by atoms with Gasteiger partial charge in [-0.1, -0.05) is 48.5 Å². The lowest BCUT2D eigenvalue weighted by atomic mass is 10.1. The molecule has 122 valence electrons. The van der Waals surface area contributed by atoms with Gasteiger partial charge in [0, 0.05) is 12.1 Å². The topological polar surface area (TPSA) is 84.6 Å². The van der Waals surface area contributed by atoms with E-state index in [2.05, 4.69) is 10.5 Å². The predicted molar refractivity (Wildman–Crippen MR) is 93.5 cm³/mol. The average Bonchev–Trinajstić information content (AvgIpc) is 2.59. The van der Waals surface area contributed by atoms with Gasteiger partial charge in [-0.3, -0.25) is 14.9 Å². The van der Waals surface area contributed by atoms with E-state index in [9.17, 15) is 14.9 Å². The highest BCUT2D eigenvalue weighted by Crippen LogP contribution is 2.12. The second-order valence-corrected chi connectivity index (χ2v) is 5.13. The highest BCUT2D eigenvalue weighted by molar-refractivity contribution is 5.97. The standard InChI is InChI=1S/C18H17N3O3/c1-14(7-8-15-5-3-2-4-6-15)19-20-18(22)13-16-9-11-17(12-10-16)21(23)24/h2-12H,13H2,1H3,(H,20,22)/b8-7+,19-14+. The fourth-order valence-corrected chi connectivity index (χ4v) is 1.93. The third kappa shape index (κ3) is 5.49. The highest BCUT2D eigenvalue weighted by Gasteiger charge is 2.06. The van der Waals surface area contributed by atoms with E-state index >= 15 is 0 Å². The Hall–Kier alpha value is -3.28. The number of benzene rings is 2. The van der Waals surface area contributed by atoms with Gasteiger partial charge in [-0.05, 0) is 24.1 Å². The lowest BCUT2D eigenvalue weighted by Gasteiger charge is -2.01. The highest BCUT2D eigenvalue weighted by atomic mass is 16.6. The van der Waals surface area contributed by atoms with Crippen LogP contribution in [0.2, 0.25) is 0 Å². The number of hydrogen-bond donors (Lipinski definition) is 1. The van der Waals surface area contributed by atoms with Crippen molar-refractivity contribution in [3.8, 4) is 0 Å². The summed E-state index contributed by atoms with van der Waals surface area (Å²) in [6.07, 6.45) is 3.82. The normalized spacial score (nSPS) is 11.5. The predicted octanol–water partition coefficient (Wildman–Crippen LogP) is 3.34. The number of nitrogens with zero attached hydrogens (tertiary/aromatic N) is 2. The molecule has 1 N–H and O–H groups in total. The third-order valence-corrected chi connectivity index (χ3v) is 3.19. The first-order chi connectivity index (χ1) is 11.5. The number of nitro groups is 1. The number of carbonyl (C=O) groups is 1. The minimum atomic E-state index is -0.476. The van der Waals surface area contributed by atoms with Gasteiger partial charge in [0.25, 0.3) is 5.69 Å². The number of non-ortho nitro benzene ring substituents is 1. The summed E-state index contributed by atoms with van der Waals surface area (Å²) in [6.45, 7) is 1.78. The first-order valence-electron chi connectivity index (χ1n) is 7.34. The molecule has 2 rings (SSSR count). The zero-order valence-electron chi connectivity index (χ0n) is 13.2. The van der Waals surface area contributed by atoms with E-state index in [0.29, 0.717) is 11.3 Å². The maximum absolute atomic E-state index is 11.8. The van der Waals surface area contributed by atoms with Crippen molar-refractivity contribution in [2.75, 3.05) is 0 Å². The second kappa shape index (κ2) is 8.38. The lowest BCUT2D eigenvalue weighted by molar-refractivity contribution is -0.384. The summed E-state index contributed by atoms with van der Waals surface area (Å²) in [7, 11) is 0. The summed E-state index contributed by atoms with van der Waals surface area (Å²) in [4.78, 5) is 21.9. The molecule has 0 bridgehead atoms. The maximum atomic E-state index is 11.8. The van der Waals surface area contributed by atoms with Crippen LogP contribution >= 0.6 is 0 Å². The Labute approximate surface area is 139 Å². The first kappa shape index (κ1) is 17.1. The molecule has 6 heteroatoms. The largest absolute Gasteiger partial charge is 0.273 e. The van der Waals surface area contributed by atoms with Crippen molar-refractivity contribution in [1.29, 1.82) is 0 Å². The van der Waals surface area contributed by atoms with E-state index in [1.807, 2.05) is 42.5 Å². The van der Waals surface area contributed by atoms with Gasteiger partial charge in [0.05, 0.1) is 17.1 Å². The van der Waals surface area contributed by atoms with Crippen LogP contribution < -0.4 is 5.43 Å². The van der Waals surface area contributed by atoms with Crippen LogP contribution in [0.4, 0.5) is 5.69 Å². The second-order valence-electron chi connectivity index (χ2n) is 5.13. The van der Waals surface area contributed by atoms with Gasteiger partial charge < -0.3 is 0 Å². The Morgan fingerprint density at radius 1 is 1.17 bits per heavy atom. The van der Waals surface area contributed by atoms with E-state index in [0.717, 1.165) is 5.56 Å². The number of carbonyl (C=O) groups excluding carboxylic acids is 1. The third-order valence-electron chi connectivity index (χ3n) is 3.19. The van der Waals surface area contributed by atoms with Gasteiger partial charge in [0.1, 0.15) is 0 Å². The van der Waals surface area contributed by atoms with E-state index in [1.54, 1.807) is 19.1 Å². The molecule has 0 radical (unpaired) electrons. The Morgan fingerprint density at radius 2 is 1.83 bits per heavy atom. The molecular weight excluding hydrogens is 306 g/mol. The molecule has 24 heavy (non-hydrogen) atoms. The fourth-order valence-electron chi connectivity index (χ4n) is 1.93. The van der Waals surface area contributed by atoms with Crippen LogP contribution in [0, 0.1) is 10.1 Å². The number of rotatable bonds is 6. The van der Waals surface area contributed by atoms with Crippen LogP contribution in [0.25, 0.3) is 6.08 Å². The number of hydrazone groups is 1. The van der Waals surface area contributed by atoms with Crippen molar-refractivity contribution in [2.45, 2.75) is 13.3 Å². The number of nitro benzene ring substituents is 1.